The molecule has 9 atom stereocenters. The number of nitrogens with one attached hydrogen (secondary N) is 2. The summed E-state index contributed by atoms with van der Waals surface area (Å²) < 4.78 is 2.49. The van der Waals surface area contributed by atoms with E-state index in [2.05, 4.69) is 59.4 Å². The molecule has 0 amide bonds. The van der Waals surface area contributed by atoms with Crippen molar-refractivity contribution in [3.8, 4) is 0 Å². The van der Waals surface area contributed by atoms with Gasteiger partial charge in [0.1, 0.15) is 0 Å². The van der Waals surface area contributed by atoms with E-state index < -0.39 is 6.51 Å². The van der Waals surface area contributed by atoms with Crippen LogP contribution in [0.2, 0.25) is 42.3 Å². The normalized spacial score (nSPS) is 84.3. The summed E-state index contributed by atoms with van der Waals surface area (Å²) in [6.07, 6.45) is 12.7. The SMILES string of the molecule is PCC1([C]23[CH]4[C]5(c6ccccc6)[CH]6[C]2(C(P)(C2CCNC2)C2CCNC2)[Fe]64532789[CH]3[CH]2[CH]7[CH]8[CH]39)C2CC3CC(C2)CC1C3. The standard InChI is InChI=1S/C31H43N2P2.C5H5.Fe/c34-19-30(26-11-20-10-21(13-26)14-27(30)12-20)28-15-23(22-4-2-1-3-5-22)16-29(28)31(35,24-6-8-32-17-24)25-7-9-33-18-25;1-2-4-5-3-1;/h1-5,15-16,20-21,24-27,32-33H,6-14,17-19,34-35H2;1-5H;. The molecule has 1 spiro atoms. The van der Waals surface area contributed by atoms with Crippen LogP contribution >= 0.6 is 18.5 Å². The van der Waals surface area contributed by atoms with Gasteiger partial charge in [0.05, 0.1) is 0 Å². The second kappa shape index (κ2) is 3.40. The first-order chi connectivity index (χ1) is 19.9. The van der Waals surface area contributed by atoms with Gasteiger partial charge in [0.2, 0.25) is 0 Å². The van der Waals surface area contributed by atoms with Gasteiger partial charge in [-0.05, 0) is 0 Å². The minimum absolute atomic E-state index is 0.521. The summed E-state index contributed by atoms with van der Waals surface area (Å²) in [5, 5.41) is 8.51. The maximum absolute atomic E-state index is 4.18. The minimum atomic E-state index is -4.18. The van der Waals surface area contributed by atoms with Crippen molar-refractivity contribution in [1.29, 1.82) is 0 Å². The van der Waals surface area contributed by atoms with Crippen molar-refractivity contribution in [3.05, 3.63) is 35.9 Å². The molecule has 16 fully saturated rings. The van der Waals surface area contributed by atoms with Crippen molar-refractivity contribution < 1.29 is 6.51 Å². The van der Waals surface area contributed by atoms with Crippen molar-refractivity contribution in [2.45, 2.75) is 96.8 Å². The molecule has 9 unspecified atom stereocenters. The van der Waals surface area contributed by atoms with Crippen LogP contribution in [-0.4, -0.2) is 37.5 Å². The number of benzene rings is 1. The van der Waals surface area contributed by atoms with E-state index in [1.807, 2.05) is 5.56 Å². The van der Waals surface area contributed by atoms with Gasteiger partial charge in [-0.25, -0.2) is 0 Å². The van der Waals surface area contributed by atoms with E-state index in [0.29, 0.717) is 5.16 Å². The first-order valence-corrected chi connectivity index (χ1v) is 25.5. The Labute approximate surface area is 240 Å². The Bertz CT molecular complexity index is 1920. The van der Waals surface area contributed by atoms with E-state index in [0.717, 1.165) is 53.9 Å². The van der Waals surface area contributed by atoms with Gasteiger partial charge >= 0.3 is 242 Å². The Kier molecular flexibility index (Phi) is 1.77. The predicted molar refractivity (Wildman–Crippen MR) is 168 cm³/mol. The van der Waals surface area contributed by atoms with Crippen molar-refractivity contribution in [1.82, 2.24) is 10.6 Å². The second-order valence-corrected chi connectivity index (χ2v) is 45.3. The van der Waals surface area contributed by atoms with Crippen LogP contribution in [0.25, 0.3) is 0 Å². The van der Waals surface area contributed by atoms with Gasteiger partial charge < -0.3 is 0 Å². The first kappa shape index (κ1) is 21.3. The molecule has 220 valence electrons. The molecule has 16 aliphatic rings. The molecule has 2 N–H and O–H groups in total. The quantitative estimate of drug-likeness (QED) is 0.255. The molecule has 5 heteroatoms. The number of fused-ring (bicyclic) bond motifs is 11. The molecular formula is C36H48FeN2P2. The Morgan fingerprint density at radius 1 is 0.780 bits per heavy atom. The molecule has 4 aliphatic carbocycles. The van der Waals surface area contributed by atoms with Gasteiger partial charge in [-0.1, -0.05) is 0 Å². The fourth-order valence-electron chi connectivity index (χ4n) is 29.1. The average Bonchev–Trinajstić information content (AvgIpc) is 3.79. The van der Waals surface area contributed by atoms with Crippen LogP contribution in [0.4, 0.5) is 0 Å². The molecule has 17 rings (SSSR count). The third kappa shape index (κ3) is 0.540. The number of hydrogen-bond donors (Lipinski definition) is 2. The van der Waals surface area contributed by atoms with Crippen LogP contribution in [-0.2, 0) is 10.8 Å². The number of hydrogen-bond acceptors (Lipinski definition) is 2. The summed E-state index contributed by atoms with van der Waals surface area (Å²) in [5.74, 6) is 6.24. The van der Waals surface area contributed by atoms with Crippen LogP contribution in [0.5, 0.6) is 0 Å². The molecule has 12 aliphatic heterocycles. The first-order valence-electron chi connectivity index (χ1n) is 18.0. The van der Waals surface area contributed by atoms with Crippen LogP contribution in [0, 0.1) is 40.9 Å². The fraction of sp³-hybridized carbons (Fsp3) is 0.833. The third-order valence-corrected chi connectivity index (χ3v) is 71.8. The zero-order valence-corrected chi connectivity index (χ0v) is 27.8. The molecule has 12 heterocycles. The number of rotatable bonds is 6. The molecule has 2 nitrogen and oxygen atoms in total. The van der Waals surface area contributed by atoms with E-state index >= 15 is 0 Å². The van der Waals surface area contributed by atoms with Gasteiger partial charge in [0, 0.05) is 0 Å². The van der Waals surface area contributed by atoms with Crippen LogP contribution < -0.4 is 10.6 Å². The van der Waals surface area contributed by atoms with Gasteiger partial charge in [-0.3, -0.25) is 0 Å². The second-order valence-electron chi connectivity index (χ2n) is 21.1. The molecule has 0 aromatic heterocycles. The van der Waals surface area contributed by atoms with Gasteiger partial charge in [-0.2, -0.15) is 0 Å². The van der Waals surface area contributed by atoms with E-state index in [1.54, 1.807) is 32.1 Å². The van der Waals surface area contributed by atoms with Crippen LogP contribution in [0.15, 0.2) is 30.3 Å². The summed E-state index contributed by atoms with van der Waals surface area (Å²) in [6, 6.07) is 12.8. The zero-order chi connectivity index (χ0) is 26.3. The molecule has 0 radical (unpaired) electrons. The Hall–Kier alpha value is 0.519. The topological polar surface area (TPSA) is 24.1 Å². The summed E-state index contributed by atoms with van der Waals surface area (Å²) in [6.45, 7) is 1.07. The van der Waals surface area contributed by atoms with Crippen molar-refractivity contribution >= 4 is 18.5 Å². The van der Waals surface area contributed by atoms with Crippen molar-refractivity contribution in [2.75, 3.05) is 32.3 Å². The third-order valence-electron chi connectivity index (χ3n) is 25.9. The predicted octanol–water partition coefficient (Wildman–Crippen LogP) is 7.37. The zero-order valence-electron chi connectivity index (χ0n) is 24.4. The molecule has 4 bridgehead atoms. The van der Waals surface area contributed by atoms with Gasteiger partial charge in [-0.15, -0.1) is 0 Å². The van der Waals surface area contributed by atoms with Gasteiger partial charge in [0.15, 0.2) is 0 Å². The molecule has 4 saturated carbocycles. The van der Waals surface area contributed by atoms with Crippen molar-refractivity contribution in [2.24, 2.45) is 40.9 Å². The Morgan fingerprint density at radius 2 is 1.34 bits per heavy atom. The van der Waals surface area contributed by atoms with E-state index in [4.69, 9.17) is 0 Å². The monoisotopic (exact) mass is 626 g/mol. The van der Waals surface area contributed by atoms with E-state index in [-0.39, 0.29) is 0 Å². The fourth-order valence-corrected chi connectivity index (χ4v) is 115. The van der Waals surface area contributed by atoms with Crippen LogP contribution in [0.1, 0.15) is 50.5 Å². The summed E-state index contributed by atoms with van der Waals surface area (Å²) in [4.78, 5) is 9.20. The van der Waals surface area contributed by atoms with Gasteiger partial charge in [0.25, 0.3) is 0 Å². The average molecular weight is 627 g/mol. The molecular weight excluding hydrogens is 578 g/mol. The summed E-state index contributed by atoms with van der Waals surface area (Å²) in [5.41, 5.74) is 2.67. The van der Waals surface area contributed by atoms with Crippen molar-refractivity contribution in [3.63, 3.8) is 0 Å². The Morgan fingerprint density at radius 3 is 1.80 bits per heavy atom. The van der Waals surface area contributed by atoms with E-state index in [9.17, 15) is 0 Å². The molecule has 41 heavy (non-hydrogen) atoms. The summed E-state index contributed by atoms with van der Waals surface area (Å²) >= 11 is 0. The Balaban J connectivity index is 1.10. The maximum atomic E-state index is 4.03. The molecule has 1 aromatic carbocycles. The van der Waals surface area contributed by atoms with Crippen LogP contribution in [0.3, 0.4) is 0 Å². The molecule has 12 saturated heterocycles. The summed E-state index contributed by atoms with van der Waals surface area (Å²) in [7, 11) is 7.62. The molecule has 1 aromatic rings. The van der Waals surface area contributed by atoms with E-state index in [1.165, 1.54) is 78.9 Å².